The lowest BCUT2D eigenvalue weighted by Gasteiger charge is -2.28. The molecular formula is C30H30O4. The Bertz CT molecular complexity index is 1180. The van der Waals surface area contributed by atoms with Crippen LogP contribution in [0, 0.1) is 0 Å². The zero-order valence-corrected chi connectivity index (χ0v) is 19.7. The van der Waals surface area contributed by atoms with Gasteiger partial charge in [-0.1, -0.05) is 60.7 Å². The number of para-hydroxylation sites is 3. The van der Waals surface area contributed by atoms with Gasteiger partial charge in [-0.2, -0.15) is 0 Å². The second kappa shape index (κ2) is 10.8. The molecule has 4 aromatic rings. The molecular weight excluding hydrogens is 424 g/mol. The van der Waals surface area contributed by atoms with E-state index in [1.54, 1.807) is 6.07 Å². The average molecular weight is 455 g/mol. The maximum Gasteiger partial charge on any atom is 0.125 e. The van der Waals surface area contributed by atoms with Gasteiger partial charge >= 0.3 is 0 Å². The van der Waals surface area contributed by atoms with Crippen LogP contribution in [0.25, 0.3) is 0 Å². The van der Waals surface area contributed by atoms with Gasteiger partial charge in [-0.15, -0.1) is 0 Å². The number of hydrogen-bond donors (Lipinski definition) is 1. The predicted octanol–water partition coefficient (Wildman–Crippen LogP) is 7.81. The van der Waals surface area contributed by atoms with Crippen LogP contribution < -0.4 is 14.2 Å². The lowest BCUT2D eigenvalue weighted by Crippen LogP contribution is -2.17. The molecule has 0 aliphatic heterocycles. The minimum Gasteiger partial charge on any atom is -0.508 e. The topological polar surface area (TPSA) is 47.9 Å². The van der Waals surface area contributed by atoms with Gasteiger partial charge in [0, 0.05) is 11.1 Å². The highest BCUT2D eigenvalue weighted by atomic mass is 16.5. The molecule has 1 N–H and O–H groups in total. The summed E-state index contributed by atoms with van der Waals surface area (Å²) in [6.45, 7) is 5.93. The highest BCUT2D eigenvalue weighted by Crippen LogP contribution is 2.40. The molecule has 4 rings (SSSR count). The van der Waals surface area contributed by atoms with Crippen molar-refractivity contribution >= 4 is 0 Å². The van der Waals surface area contributed by atoms with E-state index in [1.165, 1.54) is 0 Å². The molecule has 0 amide bonds. The van der Waals surface area contributed by atoms with Gasteiger partial charge in [0.2, 0.25) is 0 Å². The fourth-order valence-corrected chi connectivity index (χ4v) is 4.17. The first-order valence-corrected chi connectivity index (χ1v) is 11.5. The zero-order valence-electron chi connectivity index (χ0n) is 19.7. The molecule has 0 heterocycles. The van der Waals surface area contributed by atoms with Gasteiger partial charge in [0.1, 0.15) is 41.3 Å². The Morgan fingerprint density at radius 2 is 0.853 bits per heavy atom. The molecule has 0 radical (unpaired) electrons. The number of hydrogen-bond acceptors (Lipinski definition) is 4. The van der Waals surface area contributed by atoms with E-state index in [-0.39, 0.29) is 18.0 Å². The first-order valence-electron chi connectivity index (χ1n) is 11.5. The van der Waals surface area contributed by atoms with E-state index < -0.39 is 6.10 Å². The Hall–Kier alpha value is -3.92. The number of rotatable bonds is 9. The Morgan fingerprint density at radius 3 is 1.29 bits per heavy atom. The molecule has 0 saturated carbocycles. The molecule has 0 spiro atoms. The molecule has 174 valence electrons. The maximum absolute atomic E-state index is 11.0. The van der Waals surface area contributed by atoms with Crippen molar-refractivity contribution in [2.45, 2.75) is 39.1 Å². The van der Waals surface area contributed by atoms with Crippen molar-refractivity contribution in [3.8, 4) is 23.0 Å². The number of benzene rings is 4. The van der Waals surface area contributed by atoms with E-state index in [2.05, 4.69) is 0 Å². The Morgan fingerprint density at radius 1 is 0.471 bits per heavy atom. The van der Waals surface area contributed by atoms with E-state index in [0.29, 0.717) is 5.56 Å². The maximum atomic E-state index is 11.0. The minimum atomic E-state index is -0.414. The third-order valence-corrected chi connectivity index (χ3v) is 5.72. The van der Waals surface area contributed by atoms with E-state index in [4.69, 9.17) is 14.2 Å². The van der Waals surface area contributed by atoms with E-state index in [9.17, 15) is 5.11 Å². The second-order valence-electron chi connectivity index (χ2n) is 8.22. The SMILES string of the molecule is CC(Oc1ccccc1)c1ccc(O)c(C(C)Oc2ccccc2)c1C(C)Oc1ccccc1. The molecule has 34 heavy (non-hydrogen) atoms. The summed E-state index contributed by atoms with van der Waals surface area (Å²) in [7, 11) is 0. The van der Waals surface area contributed by atoms with Gasteiger partial charge in [-0.25, -0.2) is 0 Å². The van der Waals surface area contributed by atoms with E-state index >= 15 is 0 Å². The highest BCUT2D eigenvalue weighted by Gasteiger charge is 2.27. The average Bonchev–Trinajstić information content (AvgIpc) is 2.85. The van der Waals surface area contributed by atoms with Crippen LogP contribution in [0.4, 0.5) is 0 Å². The van der Waals surface area contributed by atoms with E-state index in [1.807, 2.05) is 118 Å². The monoisotopic (exact) mass is 454 g/mol. The standard InChI is InChI=1S/C30H30O4/c1-21(32-24-13-7-4-8-14-24)27-19-20-28(31)30(23(3)34-26-17-11-6-12-18-26)29(27)22(2)33-25-15-9-5-10-16-25/h4-23,31H,1-3H3. The summed E-state index contributed by atoms with van der Waals surface area (Å²) in [6, 6.07) is 32.6. The summed E-state index contributed by atoms with van der Waals surface area (Å²) in [5.41, 5.74) is 2.48. The summed E-state index contributed by atoms with van der Waals surface area (Å²) in [5.74, 6) is 2.43. The molecule has 0 bridgehead atoms. The number of ether oxygens (including phenoxy) is 3. The molecule has 3 unspecified atom stereocenters. The van der Waals surface area contributed by atoms with Gasteiger partial charge in [-0.3, -0.25) is 0 Å². The van der Waals surface area contributed by atoms with Gasteiger partial charge < -0.3 is 19.3 Å². The summed E-state index contributed by atoms with van der Waals surface area (Å²) in [4.78, 5) is 0. The lowest BCUT2D eigenvalue weighted by molar-refractivity contribution is 0.188. The van der Waals surface area contributed by atoms with Crippen molar-refractivity contribution in [1.82, 2.24) is 0 Å². The summed E-state index contributed by atoms with van der Waals surface area (Å²) in [6.07, 6.45) is -1.05. The van der Waals surface area contributed by atoms with Crippen LogP contribution in [0.2, 0.25) is 0 Å². The van der Waals surface area contributed by atoms with Crippen LogP contribution in [0.5, 0.6) is 23.0 Å². The van der Waals surface area contributed by atoms with Crippen molar-refractivity contribution in [3.05, 3.63) is 120 Å². The smallest absolute Gasteiger partial charge is 0.125 e. The van der Waals surface area contributed by atoms with Gasteiger partial charge in [-0.05, 0) is 68.8 Å². The van der Waals surface area contributed by atoms with Gasteiger partial charge in [0.05, 0.1) is 0 Å². The number of phenolic OH excluding ortho intramolecular Hbond substituents is 1. The van der Waals surface area contributed by atoms with Crippen LogP contribution in [0.1, 0.15) is 55.8 Å². The normalized spacial score (nSPS) is 13.5. The molecule has 0 saturated heterocycles. The zero-order chi connectivity index (χ0) is 23.9. The van der Waals surface area contributed by atoms with Crippen molar-refractivity contribution in [1.29, 1.82) is 0 Å². The number of phenols is 1. The van der Waals surface area contributed by atoms with Crippen LogP contribution in [-0.2, 0) is 0 Å². The largest absolute Gasteiger partial charge is 0.508 e. The van der Waals surface area contributed by atoms with Crippen molar-refractivity contribution in [2.75, 3.05) is 0 Å². The van der Waals surface area contributed by atoms with Crippen LogP contribution in [0.3, 0.4) is 0 Å². The van der Waals surface area contributed by atoms with E-state index in [0.717, 1.165) is 28.4 Å². The van der Waals surface area contributed by atoms with Crippen LogP contribution in [0.15, 0.2) is 103 Å². The third kappa shape index (κ3) is 5.52. The molecule has 0 aromatic heterocycles. The summed E-state index contributed by atoms with van der Waals surface area (Å²) >= 11 is 0. The molecule has 4 nitrogen and oxygen atoms in total. The molecule has 0 fully saturated rings. The molecule has 4 heteroatoms. The second-order valence-corrected chi connectivity index (χ2v) is 8.22. The molecule has 0 aliphatic rings. The van der Waals surface area contributed by atoms with Gasteiger partial charge in [0.25, 0.3) is 0 Å². The quantitative estimate of drug-likeness (QED) is 0.280. The van der Waals surface area contributed by atoms with Crippen molar-refractivity contribution in [3.63, 3.8) is 0 Å². The fraction of sp³-hybridized carbons (Fsp3) is 0.200. The Labute approximate surface area is 201 Å². The van der Waals surface area contributed by atoms with Gasteiger partial charge in [0.15, 0.2) is 0 Å². The Balaban J connectivity index is 1.74. The third-order valence-electron chi connectivity index (χ3n) is 5.72. The summed E-state index contributed by atoms with van der Waals surface area (Å²) < 4.78 is 18.8. The molecule has 4 aromatic carbocycles. The fourth-order valence-electron chi connectivity index (χ4n) is 4.17. The molecule has 0 aliphatic carbocycles. The predicted molar refractivity (Wildman–Crippen MR) is 135 cm³/mol. The van der Waals surface area contributed by atoms with Crippen LogP contribution in [-0.4, -0.2) is 5.11 Å². The van der Waals surface area contributed by atoms with Crippen molar-refractivity contribution < 1.29 is 19.3 Å². The number of aromatic hydroxyl groups is 1. The van der Waals surface area contributed by atoms with Crippen LogP contribution >= 0.6 is 0 Å². The first-order chi connectivity index (χ1) is 16.5. The Kier molecular flexibility index (Phi) is 7.38. The van der Waals surface area contributed by atoms with Crippen molar-refractivity contribution in [2.24, 2.45) is 0 Å². The highest BCUT2D eigenvalue weighted by molar-refractivity contribution is 5.49. The summed E-state index contributed by atoms with van der Waals surface area (Å²) in [5, 5.41) is 11.0. The minimum absolute atomic E-state index is 0.164. The molecule has 3 atom stereocenters. The first kappa shape index (κ1) is 23.2. The lowest BCUT2D eigenvalue weighted by atomic mass is 9.90.